The second-order valence-corrected chi connectivity index (χ2v) is 6.22. The summed E-state index contributed by atoms with van der Waals surface area (Å²) in [6.45, 7) is 7.48. The van der Waals surface area contributed by atoms with Crippen molar-refractivity contribution in [3.8, 4) is 0 Å². The van der Waals surface area contributed by atoms with Crippen molar-refractivity contribution in [2.75, 3.05) is 6.54 Å². The predicted molar refractivity (Wildman–Crippen MR) is 90.0 cm³/mol. The van der Waals surface area contributed by atoms with Gasteiger partial charge in [-0.15, -0.1) is 11.3 Å². The van der Waals surface area contributed by atoms with Crippen LogP contribution in [0.1, 0.15) is 48.4 Å². The quantitative estimate of drug-likeness (QED) is 0.771. The van der Waals surface area contributed by atoms with Crippen molar-refractivity contribution in [1.29, 1.82) is 0 Å². The fourth-order valence-electron chi connectivity index (χ4n) is 2.51. The third kappa shape index (κ3) is 3.25. The number of benzene rings is 1. The van der Waals surface area contributed by atoms with Gasteiger partial charge < -0.3 is 5.32 Å². The van der Waals surface area contributed by atoms with Gasteiger partial charge in [0.05, 0.1) is 11.1 Å². The third-order valence-corrected chi connectivity index (χ3v) is 5.05. The molecular weight excluding hydrogens is 286 g/mol. The van der Waals surface area contributed by atoms with Crippen LogP contribution in [0.2, 0.25) is 5.02 Å². The number of thiophene rings is 1. The molecule has 0 aliphatic carbocycles. The van der Waals surface area contributed by atoms with Crippen LogP contribution >= 0.6 is 22.9 Å². The molecule has 0 bridgehead atoms. The topological polar surface area (TPSA) is 12.0 Å². The first-order valence-electron chi connectivity index (χ1n) is 7.29. The summed E-state index contributed by atoms with van der Waals surface area (Å²) in [5.41, 5.74) is 4.16. The highest BCUT2D eigenvalue weighted by atomic mass is 35.5. The van der Waals surface area contributed by atoms with Crippen LogP contribution in [0.4, 0.5) is 0 Å². The molecule has 2 rings (SSSR count). The van der Waals surface area contributed by atoms with Gasteiger partial charge in [0.1, 0.15) is 0 Å². The van der Waals surface area contributed by atoms with E-state index in [0.29, 0.717) is 0 Å². The molecule has 0 amide bonds. The highest BCUT2D eigenvalue weighted by Crippen LogP contribution is 2.35. The Hall–Kier alpha value is -0.830. The van der Waals surface area contributed by atoms with E-state index >= 15 is 0 Å². The largest absolute Gasteiger partial charge is 0.306 e. The van der Waals surface area contributed by atoms with Gasteiger partial charge in [-0.05, 0) is 47.5 Å². The molecule has 3 heteroatoms. The molecule has 0 saturated carbocycles. The monoisotopic (exact) mass is 307 g/mol. The maximum atomic E-state index is 6.36. The SMILES string of the molecule is CCNC(c1cc(CC)ccc1CC)c1sccc1Cl. The van der Waals surface area contributed by atoms with Gasteiger partial charge in [-0.25, -0.2) is 0 Å². The Balaban J connectivity index is 2.50. The Labute approximate surface area is 131 Å². The van der Waals surface area contributed by atoms with Gasteiger partial charge in [0.15, 0.2) is 0 Å². The molecule has 1 aromatic carbocycles. The fourth-order valence-corrected chi connectivity index (χ4v) is 3.77. The molecule has 1 heterocycles. The first-order chi connectivity index (χ1) is 9.71. The lowest BCUT2D eigenvalue weighted by atomic mass is 9.94. The van der Waals surface area contributed by atoms with E-state index in [1.165, 1.54) is 21.6 Å². The van der Waals surface area contributed by atoms with Gasteiger partial charge in [0.2, 0.25) is 0 Å². The Kier molecular flexibility index (Phi) is 5.64. The molecular formula is C17H22ClNS. The predicted octanol–water partition coefficient (Wildman–Crippen LogP) is 5.23. The maximum absolute atomic E-state index is 6.36. The maximum Gasteiger partial charge on any atom is 0.0688 e. The van der Waals surface area contributed by atoms with E-state index < -0.39 is 0 Å². The van der Waals surface area contributed by atoms with E-state index in [0.717, 1.165) is 24.4 Å². The van der Waals surface area contributed by atoms with Crippen molar-refractivity contribution in [1.82, 2.24) is 5.32 Å². The molecule has 20 heavy (non-hydrogen) atoms. The van der Waals surface area contributed by atoms with Crippen LogP contribution in [0.25, 0.3) is 0 Å². The number of hydrogen-bond acceptors (Lipinski definition) is 2. The molecule has 1 N–H and O–H groups in total. The second-order valence-electron chi connectivity index (χ2n) is 4.86. The van der Waals surface area contributed by atoms with Crippen LogP contribution in [-0.2, 0) is 12.8 Å². The van der Waals surface area contributed by atoms with Crippen LogP contribution in [-0.4, -0.2) is 6.54 Å². The number of aryl methyl sites for hydroxylation is 2. The fraction of sp³-hybridized carbons (Fsp3) is 0.412. The van der Waals surface area contributed by atoms with Gasteiger partial charge in [0.25, 0.3) is 0 Å². The van der Waals surface area contributed by atoms with Crippen LogP contribution in [0.15, 0.2) is 29.6 Å². The minimum Gasteiger partial charge on any atom is -0.306 e. The zero-order valence-electron chi connectivity index (χ0n) is 12.4. The van der Waals surface area contributed by atoms with Crippen LogP contribution in [0.5, 0.6) is 0 Å². The van der Waals surface area contributed by atoms with E-state index in [1.807, 2.05) is 6.07 Å². The highest BCUT2D eigenvalue weighted by molar-refractivity contribution is 7.10. The zero-order valence-corrected chi connectivity index (χ0v) is 13.9. The minimum atomic E-state index is 0.203. The number of nitrogens with one attached hydrogen (secondary N) is 1. The molecule has 0 spiro atoms. The van der Waals surface area contributed by atoms with Crippen molar-refractivity contribution in [2.24, 2.45) is 0 Å². The van der Waals surface area contributed by atoms with Gasteiger partial charge >= 0.3 is 0 Å². The zero-order chi connectivity index (χ0) is 14.5. The Bertz CT molecular complexity index is 562. The molecule has 108 valence electrons. The van der Waals surface area contributed by atoms with E-state index in [9.17, 15) is 0 Å². The molecule has 0 fully saturated rings. The van der Waals surface area contributed by atoms with Crippen molar-refractivity contribution in [2.45, 2.75) is 39.7 Å². The highest BCUT2D eigenvalue weighted by Gasteiger charge is 2.20. The van der Waals surface area contributed by atoms with Crippen molar-refractivity contribution in [3.05, 3.63) is 56.2 Å². The van der Waals surface area contributed by atoms with Crippen molar-refractivity contribution in [3.63, 3.8) is 0 Å². The average molecular weight is 308 g/mol. The lowest BCUT2D eigenvalue weighted by Crippen LogP contribution is -2.22. The molecule has 0 saturated heterocycles. The number of rotatable bonds is 6. The molecule has 2 aromatic rings. The normalized spacial score (nSPS) is 12.6. The molecule has 0 aliphatic heterocycles. The second kappa shape index (κ2) is 7.26. The van der Waals surface area contributed by atoms with Gasteiger partial charge in [-0.3, -0.25) is 0 Å². The van der Waals surface area contributed by atoms with E-state index in [2.05, 4.69) is 49.7 Å². The minimum absolute atomic E-state index is 0.203. The lowest BCUT2D eigenvalue weighted by molar-refractivity contribution is 0.634. The summed E-state index contributed by atoms with van der Waals surface area (Å²) < 4.78 is 0. The van der Waals surface area contributed by atoms with Crippen molar-refractivity contribution < 1.29 is 0 Å². The third-order valence-electron chi connectivity index (χ3n) is 3.63. The lowest BCUT2D eigenvalue weighted by Gasteiger charge is -2.21. The van der Waals surface area contributed by atoms with Crippen LogP contribution in [0, 0.1) is 0 Å². The average Bonchev–Trinajstić information content (AvgIpc) is 2.90. The summed E-state index contributed by atoms with van der Waals surface area (Å²) >= 11 is 8.09. The summed E-state index contributed by atoms with van der Waals surface area (Å²) in [4.78, 5) is 1.22. The summed E-state index contributed by atoms with van der Waals surface area (Å²) in [6, 6.07) is 9.03. The molecule has 1 nitrogen and oxygen atoms in total. The molecule has 1 atom stereocenters. The first-order valence-corrected chi connectivity index (χ1v) is 8.54. The summed E-state index contributed by atoms with van der Waals surface area (Å²) in [5.74, 6) is 0. The van der Waals surface area contributed by atoms with Gasteiger partial charge in [-0.1, -0.05) is 50.6 Å². The summed E-state index contributed by atoms with van der Waals surface area (Å²) in [5, 5.41) is 6.53. The summed E-state index contributed by atoms with van der Waals surface area (Å²) in [6.07, 6.45) is 2.11. The van der Waals surface area contributed by atoms with Gasteiger partial charge in [0, 0.05) is 4.88 Å². The van der Waals surface area contributed by atoms with E-state index in [1.54, 1.807) is 11.3 Å². The summed E-state index contributed by atoms with van der Waals surface area (Å²) in [7, 11) is 0. The van der Waals surface area contributed by atoms with Crippen LogP contribution < -0.4 is 5.32 Å². The smallest absolute Gasteiger partial charge is 0.0688 e. The van der Waals surface area contributed by atoms with Crippen LogP contribution in [0.3, 0.4) is 0 Å². The molecule has 1 aromatic heterocycles. The number of hydrogen-bond donors (Lipinski definition) is 1. The van der Waals surface area contributed by atoms with E-state index in [4.69, 9.17) is 11.6 Å². The Morgan fingerprint density at radius 1 is 1.15 bits per heavy atom. The molecule has 1 unspecified atom stereocenters. The standard InChI is InChI=1S/C17H22ClNS/c1-4-12-7-8-13(5-2)14(11-12)16(19-6-3)17-15(18)9-10-20-17/h7-11,16,19H,4-6H2,1-3H3. The van der Waals surface area contributed by atoms with E-state index in [-0.39, 0.29) is 6.04 Å². The Morgan fingerprint density at radius 2 is 1.95 bits per heavy atom. The van der Waals surface area contributed by atoms with Gasteiger partial charge in [-0.2, -0.15) is 0 Å². The first kappa shape index (κ1) is 15.6. The van der Waals surface area contributed by atoms with Crippen molar-refractivity contribution >= 4 is 22.9 Å². The molecule has 0 radical (unpaired) electrons. The Morgan fingerprint density at radius 3 is 2.50 bits per heavy atom. The number of halogens is 1. The molecule has 0 aliphatic rings.